The van der Waals surface area contributed by atoms with Crippen molar-refractivity contribution in [1.29, 1.82) is 0 Å². The first kappa shape index (κ1) is 16.4. The fourth-order valence-electron chi connectivity index (χ4n) is 3.98. The number of halogens is 2. The zero-order valence-corrected chi connectivity index (χ0v) is 13.3. The summed E-state index contributed by atoms with van der Waals surface area (Å²) in [6, 6.07) is -0.297. The third kappa shape index (κ3) is 3.70. The van der Waals surface area contributed by atoms with Crippen molar-refractivity contribution < 1.29 is 13.6 Å². The Morgan fingerprint density at radius 3 is 2.78 bits per heavy atom. The number of hydrogen-bond donors (Lipinski definition) is 0. The molecular formula is C17H23F2N3O. The van der Waals surface area contributed by atoms with Crippen LogP contribution in [0.2, 0.25) is 0 Å². The molecule has 0 N–H and O–H groups in total. The van der Waals surface area contributed by atoms with Gasteiger partial charge in [0.2, 0.25) is 11.8 Å². The minimum Gasteiger partial charge on any atom is -0.339 e. The smallest absolute Gasteiger partial charge is 0.250 e. The van der Waals surface area contributed by atoms with Gasteiger partial charge in [0.15, 0.2) is 5.66 Å². The molecule has 0 aromatic rings. The van der Waals surface area contributed by atoms with Crippen molar-refractivity contribution in [3.05, 3.63) is 0 Å². The summed E-state index contributed by atoms with van der Waals surface area (Å²) in [5.41, 5.74) is -0.478. The maximum atomic E-state index is 13.7. The van der Waals surface area contributed by atoms with Crippen molar-refractivity contribution >= 4 is 5.91 Å². The molecule has 1 saturated heterocycles. The van der Waals surface area contributed by atoms with Crippen molar-refractivity contribution in [1.82, 2.24) is 4.90 Å². The number of fused-ring (bicyclic) bond motifs is 1. The molecule has 0 aromatic heterocycles. The van der Waals surface area contributed by atoms with Gasteiger partial charge in [-0.25, -0.2) is 8.78 Å². The van der Waals surface area contributed by atoms with Gasteiger partial charge in [-0.15, -0.1) is 12.3 Å². The van der Waals surface area contributed by atoms with Gasteiger partial charge in [-0.2, -0.15) is 10.2 Å². The van der Waals surface area contributed by atoms with Gasteiger partial charge in [0.05, 0.1) is 0 Å². The largest absolute Gasteiger partial charge is 0.339 e. The molecule has 0 spiro atoms. The van der Waals surface area contributed by atoms with Gasteiger partial charge >= 0.3 is 0 Å². The van der Waals surface area contributed by atoms with Gasteiger partial charge in [0, 0.05) is 51.1 Å². The first-order chi connectivity index (χ1) is 10.9. The van der Waals surface area contributed by atoms with Crippen LogP contribution in [0, 0.1) is 18.3 Å². The van der Waals surface area contributed by atoms with Crippen LogP contribution in [0.4, 0.5) is 8.78 Å². The van der Waals surface area contributed by atoms with Crippen molar-refractivity contribution in [2.24, 2.45) is 16.1 Å². The standard InChI is InChI=1S/C17H23F2N3O/c1-2-3-8-17(20-21-17)10-7-15(23)22-11-4-5-13-6-9-16(18,19)12-14(13)22/h1,13-14H,3-12H2. The van der Waals surface area contributed by atoms with E-state index >= 15 is 0 Å². The molecule has 3 aliphatic rings. The second-order valence-electron chi connectivity index (χ2n) is 7.04. The van der Waals surface area contributed by atoms with Crippen LogP contribution in [0.15, 0.2) is 10.2 Å². The molecule has 0 bridgehead atoms. The lowest BCUT2D eigenvalue weighted by Gasteiger charge is -2.46. The van der Waals surface area contributed by atoms with E-state index in [4.69, 9.17) is 6.42 Å². The maximum absolute atomic E-state index is 13.7. The Hall–Kier alpha value is -1.51. The molecule has 23 heavy (non-hydrogen) atoms. The zero-order valence-electron chi connectivity index (χ0n) is 13.3. The Labute approximate surface area is 135 Å². The van der Waals surface area contributed by atoms with Crippen LogP contribution in [0.1, 0.15) is 57.8 Å². The van der Waals surface area contributed by atoms with Crippen LogP contribution >= 0.6 is 0 Å². The average Bonchev–Trinajstić information content (AvgIpc) is 3.30. The molecule has 6 heteroatoms. The number of rotatable bonds is 5. The molecule has 1 saturated carbocycles. The quantitative estimate of drug-likeness (QED) is 0.710. The fourth-order valence-corrected chi connectivity index (χ4v) is 3.98. The molecule has 0 radical (unpaired) electrons. The van der Waals surface area contributed by atoms with Gasteiger partial charge in [-0.3, -0.25) is 4.79 Å². The molecule has 2 heterocycles. The molecule has 1 amide bonds. The molecule has 4 nitrogen and oxygen atoms in total. The van der Waals surface area contributed by atoms with E-state index in [1.54, 1.807) is 4.90 Å². The van der Waals surface area contributed by atoms with E-state index in [0.29, 0.717) is 38.6 Å². The summed E-state index contributed by atoms with van der Waals surface area (Å²) in [6.07, 6.45) is 9.54. The molecule has 2 unspecified atom stereocenters. The highest BCUT2D eigenvalue weighted by Crippen LogP contribution is 2.43. The molecule has 2 aliphatic heterocycles. The molecule has 2 fully saturated rings. The molecule has 0 aromatic carbocycles. The van der Waals surface area contributed by atoms with E-state index in [1.807, 2.05) is 0 Å². The number of terminal acetylenes is 1. The summed E-state index contributed by atoms with van der Waals surface area (Å²) in [4.78, 5) is 14.3. The van der Waals surface area contributed by atoms with Crippen molar-refractivity contribution in [2.75, 3.05) is 6.54 Å². The predicted molar refractivity (Wildman–Crippen MR) is 81.9 cm³/mol. The summed E-state index contributed by atoms with van der Waals surface area (Å²) >= 11 is 0. The Balaban J connectivity index is 1.57. The summed E-state index contributed by atoms with van der Waals surface area (Å²) in [7, 11) is 0. The van der Waals surface area contributed by atoms with E-state index in [1.165, 1.54) is 0 Å². The van der Waals surface area contributed by atoms with E-state index in [0.717, 1.165) is 12.8 Å². The molecule has 1 aliphatic carbocycles. The highest BCUT2D eigenvalue weighted by Gasteiger charge is 2.47. The average molecular weight is 323 g/mol. The molecule has 3 rings (SSSR count). The molecule has 126 valence electrons. The summed E-state index contributed by atoms with van der Waals surface area (Å²) in [6.45, 7) is 0.599. The lowest BCUT2D eigenvalue weighted by Crippen LogP contribution is -2.53. The van der Waals surface area contributed by atoms with Crippen molar-refractivity contribution in [3.63, 3.8) is 0 Å². The number of piperidine rings is 1. The highest BCUT2D eigenvalue weighted by molar-refractivity contribution is 5.76. The first-order valence-corrected chi connectivity index (χ1v) is 8.50. The van der Waals surface area contributed by atoms with E-state index in [9.17, 15) is 13.6 Å². The predicted octanol–water partition coefficient (Wildman–Crippen LogP) is 3.77. The molecular weight excluding hydrogens is 300 g/mol. The van der Waals surface area contributed by atoms with Crippen LogP contribution in [0.3, 0.4) is 0 Å². The molecule has 2 atom stereocenters. The lowest BCUT2D eigenvalue weighted by molar-refractivity contribution is -0.145. The lowest BCUT2D eigenvalue weighted by atomic mass is 9.76. The number of hydrogen-bond acceptors (Lipinski definition) is 3. The van der Waals surface area contributed by atoms with Crippen LogP contribution in [-0.2, 0) is 4.79 Å². The number of nitrogens with zero attached hydrogens (tertiary/aromatic N) is 3. The third-order valence-electron chi connectivity index (χ3n) is 5.42. The monoisotopic (exact) mass is 323 g/mol. The summed E-state index contributed by atoms with van der Waals surface area (Å²) < 4.78 is 27.5. The number of carbonyl (C=O) groups excluding carboxylic acids is 1. The fraction of sp³-hybridized carbons (Fsp3) is 0.824. The number of alkyl halides is 2. The van der Waals surface area contributed by atoms with Crippen LogP contribution in [0.5, 0.6) is 0 Å². The minimum atomic E-state index is -2.63. The number of likely N-dealkylation sites (tertiary alicyclic amines) is 1. The third-order valence-corrected chi connectivity index (χ3v) is 5.42. The second kappa shape index (κ2) is 6.18. The Morgan fingerprint density at radius 1 is 1.30 bits per heavy atom. The van der Waals surface area contributed by atoms with Gasteiger partial charge < -0.3 is 4.90 Å². The van der Waals surface area contributed by atoms with Crippen LogP contribution in [0.25, 0.3) is 0 Å². The second-order valence-corrected chi connectivity index (χ2v) is 7.04. The SMILES string of the molecule is C#CCCC1(CCC(=O)N2CCCC3CCC(F)(F)CC32)N=N1. The zero-order chi connectivity index (χ0) is 16.5. The highest BCUT2D eigenvalue weighted by atomic mass is 19.3. The normalized spacial score (nSPS) is 30.4. The first-order valence-electron chi connectivity index (χ1n) is 8.50. The topological polar surface area (TPSA) is 45.0 Å². The summed E-state index contributed by atoms with van der Waals surface area (Å²) in [5, 5.41) is 8.06. The Morgan fingerprint density at radius 2 is 2.09 bits per heavy atom. The van der Waals surface area contributed by atoms with Gasteiger partial charge in [0.25, 0.3) is 0 Å². The van der Waals surface area contributed by atoms with Crippen LogP contribution in [-0.4, -0.2) is 35.0 Å². The van der Waals surface area contributed by atoms with Gasteiger partial charge in [-0.1, -0.05) is 0 Å². The van der Waals surface area contributed by atoms with Crippen molar-refractivity contribution in [3.8, 4) is 12.3 Å². The Bertz CT molecular complexity index is 534. The van der Waals surface area contributed by atoms with Crippen molar-refractivity contribution in [2.45, 2.75) is 75.4 Å². The Kier molecular flexibility index (Phi) is 4.39. The van der Waals surface area contributed by atoms with Gasteiger partial charge in [-0.05, 0) is 25.2 Å². The van der Waals surface area contributed by atoms with E-state index < -0.39 is 11.6 Å². The number of amides is 1. The van der Waals surface area contributed by atoms with Crippen LogP contribution < -0.4 is 0 Å². The number of carbonyl (C=O) groups is 1. The minimum absolute atomic E-state index is 0.0326. The maximum Gasteiger partial charge on any atom is 0.250 e. The van der Waals surface area contributed by atoms with E-state index in [-0.39, 0.29) is 30.7 Å². The summed E-state index contributed by atoms with van der Waals surface area (Å²) in [5.74, 6) is 0.131. The van der Waals surface area contributed by atoms with Gasteiger partial charge in [0.1, 0.15) is 0 Å². The van der Waals surface area contributed by atoms with E-state index in [2.05, 4.69) is 16.1 Å².